The summed E-state index contributed by atoms with van der Waals surface area (Å²) < 4.78 is 60.4. The Bertz CT molecular complexity index is 1240. The van der Waals surface area contributed by atoms with Gasteiger partial charge in [0.15, 0.2) is 5.82 Å². The second-order valence-electron chi connectivity index (χ2n) is 8.09. The molecular formula is C22H27FN6O5S. The van der Waals surface area contributed by atoms with Gasteiger partial charge in [-0.3, -0.25) is 9.29 Å². The van der Waals surface area contributed by atoms with Gasteiger partial charge in [-0.05, 0) is 31.9 Å². The summed E-state index contributed by atoms with van der Waals surface area (Å²) in [4.78, 5) is 7.72. The molecule has 3 heterocycles. The number of hydrogen-bond donors (Lipinski definition) is 1. The number of methoxy groups -OCH3 is 2. The van der Waals surface area contributed by atoms with Crippen molar-refractivity contribution < 1.29 is 27.0 Å². The summed E-state index contributed by atoms with van der Waals surface area (Å²) in [6.07, 6.45) is 3.40. The van der Waals surface area contributed by atoms with E-state index in [0.717, 1.165) is 12.4 Å². The van der Waals surface area contributed by atoms with E-state index >= 15 is 0 Å². The van der Waals surface area contributed by atoms with Crippen LogP contribution < -0.4 is 14.2 Å². The third-order valence-electron chi connectivity index (χ3n) is 5.81. The first kappa shape index (κ1) is 24.8. The highest BCUT2D eigenvalue weighted by atomic mass is 32.2. The lowest BCUT2D eigenvalue weighted by molar-refractivity contribution is 0.0832. The van der Waals surface area contributed by atoms with Crippen LogP contribution in [0.5, 0.6) is 11.5 Å². The molecule has 0 aliphatic carbocycles. The van der Waals surface area contributed by atoms with Crippen molar-refractivity contribution in [1.29, 1.82) is 0 Å². The van der Waals surface area contributed by atoms with E-state index in [-0.39, 0.29) is 24.1 Å². The number of rotatable bonds is 9. The van der Waals surface area contributed by atoms with Gasteiger partial charge in [0.05, 0.1) is 31.9 Å². The normalized spacial score (nSPS) is 15.5. The molecule has 1 aliphatic heterocycles. The van der Waals surface area contributed by atoms with E-state index in [1.807, 2.05) is 0 Å². The Morgan fingerprint density at radius 1 is 1.14 bits per heavy atom. The molecular weight excluding hydrogens is 479 g/mol. The fourth-order valence-corrected chi connectivity index (χ4v) is 4.85. The molecule has 3 aromatic rings. The lowest BCUT2D eigenvalue weighted by atomic mass is 9.99. The number of nitrogens with one attached hydrogen (secondary N) is 1. The van der Waals surface area contributed by atoms with Gasteiger partial charge in [-0.1, -0.05) is 6.07 Å². The average Bonchev–Trinajstić information content (AvgIpc) is 3.27. The maximum Gasteiger partial charge on any atom is 0.243 e. The zero-order valence-corrected chi connectivity index (χ0v) is 20.5. The molecule has 1 N–H and O–H groups in total. The maximum atomic E-state index is 13.2. The molecule has 1 aliphatic rings. The van der Waals surface area contributed by atoms with E-state index in [0.29, 0.717) is 49.1 Å². The van der Waals surface area contributed by atoms with Gasteiger partial charge >= 0.3 is 0 Å². The van der Waals surface area contributed by atoms with Crippen molar-refractivity contribution in [2.45, 2.75) is 37.4 Å². The van der Waals surface area contributed by atoms with Gasteiger partial charge in [-0.15, -0.1) is 10.2 Å². The number of benzene rings is 1. The van der Waals surface area contributed by atoms with Crippen molar-refractivity contribution in [2.24, 2.45) is 0 Å². The SMILES string of the molecule is COc1cccc(OC)c1-n1c(NS(=O)(=O)[C@H](C)Cc2ncc(F)cn2)nnc1C1CCOCC1. The minimum absolute atomic E-state index is 0.00108. The Balaban J connectivity index is 1.74. The summed E-state index contributed by atoms with van der Waals surface area (Å²) in [6, 6.07) is 5.27. The minimum Gasteiger partial charge on any atom is -0.494 e. The van der Waals surface area contributed by atoms with E-state index in [1.54, 1.807) is 22.8 Å². The molecule has 1 atom stereocenters. The van der Waals surface area contributed by atoms with Crippen LogP contribution in [-0.4, -0.2) is 65.8 Å². The zero-order chi connectivity index (χ0) is 25.0. The minimum atomic E-state index is -3.96. The molecule has 0 spiro atoms. The molecule has 0 amide bonds. The van der Waals surface area contributed by atoms with Gasteiger partial charge < -0.3 is 14.2 Å². The Kier molecular flexibility index (Phi) is 7.45. The average molecular weight is 507 g/mol. The third-order valence-corrected chi connectivity index (χ3v) is 7.50. The van der Waals surface area contributed by atoms with Crippen molar-refractivity contribution in [2.75, 3.05) is 32.2 Å². The Labute approximate surface area is 202 Å². The van der Waals surface area contributed by atoms with Gasteiger partial charge in [0.1, 0.15) is 28.8 Å². The summed E-state index contributed by atoms with van der Waals surface area (Å²) in [7, 11) is -0.924. The molecule has 11 nitrogen and oxygen atoms in total. The molecule has 0 radical (unpaired) electrons. The zero-order valence-electron chi connectivity index (χ0n) is 19.6. The van der Waals surface area contributed by atoms with Gasteiger partial charge in [0.2, 0.25) is 16.0 Å². The lowest BCUT2D eigenvalue weighted by Gasteiger charge is -2.24. The molecule has 0 bridgehead atoms. The van der Waals surface area contributed by atoms with Crippen LogP contribution in [0, 0.1) is 5.82 Å². The summed E-state index contributed by atoms with van der Waals surface area (Å²) in [5.74, 6) is 1.11. The molecule has 1 saturated heterocycles. The van der Waals surface area contributed by atoms with Crippen molar-refractivity contribution in [3.8, 4) is 17.2 Å². The second-order valence-corrected chi connectivity index (χ2v) is 10.2. The van der Waals surface area contributed by atoms with Gasteiger partial charge in [-0.2, -0.15) is 0 Å². The van der Waals surface area contributed by atoms with Crippen molar-refractivity contribution in [3.63, 3.8) is 0 Å². The molecule has 2 aromatic heterocycles. The quantitative estimate of drug-likeness (QED) is 0.465. The third kappa shape index (κ3) is 5.35. The Hall–Kier alpha value is -3.32. The van der Waals surface area contributed by atoms with Crippen LogP contribution in [0.2, 0.25) is 0 Å². The van der Waals surface area contributed by atoms with Crippen molar-refractivity contribution in [3.05, 3.63) is 48.1 Å². The molecule has 4 rings (SSSR count). The van der Waals surface area contributed by atoms with Gasteiger partial charge in [0.25, 0.3) is 0 Å². The standard InChI is InChI=1S/C22H27FN6O5S/c1-14(11-19-24-12-16(23)13-25-19)35(30,31)28-22-27-26-21(15-7-9-34-10-8-15)29(22)20-17(32-2)5-4-6-18(20)33-3/h4-6,12-15H,7-11H2,1-3H3,(H,27,28)/t14-/m1/s1. The van der Waals surface area contributed by atoms with Crippen molar-refractivity contribution in [1.82, 2.24) is 24.7 Å². The summed E-state index contributed by atoms with van der Waals surface area (Å²) in [5.41, 5.74) is 0.483. The number of ether oxygens (including phenoxy) is 3. The monoisotopic (exact) mass is 506 g/mol. The van der Waals surface area contributed by atoms with Crippen LogP contribution in [0.3, 0.4) is 0 Å². The number of halogens is 1. The van der Waals surface area contributed by atoms with Crippen LogP contribution >= 0.6 is 0 Å². The number of anilines is 1. The second kappa shape index (κ2) is 10.5. The molecule has 35 heavy (non-hydrogen) atoms. The van der Waals surface area contributed by atoms with E-state index in [4.69, 9.17) is 14.2 Å². The van der Waals surface area contributed by atoms with Gasteiger partial charge in [-0.25, -0.2) is 22.8 Å². The highest BCUT2D eigenvalue weighted by Gasteiger charge is 2.31. The molecule has 1 aromatic carbocycles. The van der Waals surface area contributed by atoms with Crippen molar-refractivity contribution >= 4 is 16.0 Å². The number of nitrogens with zero attached hydrogens (tertiary/aromatic N) is 5. The Morgan fingerprint density at radius 3 is 2.37 bits per heavy atom. The van der Waals surface area contributed by atoms with Crippen LogP contribution in [0.15, 0.2) is 30.6 Å². The molecule has 0 saturated carbocycles. The van der Waals surface area contributed by atoms with Crippen LogP contribution in [0.25, 0.3) is 5.69 Å². The number of sulfonamides is 1. The van der Waals surface area contributed by atoms with Crippen LogP contribution in [0.4, 0.5) is 10.3 Å². The van der Waals surface area contributed by atoms with E-state index in [1.165, 1.54) is 21.1 Å². The predicted octanol–water partition coefficient (Wildman–Crippen LogP) is 2.48. The topological polar surface area (TPSA) is 130 Å². The first-order valence-corrected chi connectivity index (χ1v) is 12.6. The fraction of sp³-hybridized carbons (Fsp3) is 0.455. The highest BCUT2D eigenvalue weighted by molar-refractivity contribution is 7.93. The first-order valence-electron chi connectivity index (χ1n) is 11.1. The maximum absolute atomic E-state index is 13.2. The first-order chi connectivity index (χ1) is 16.8. The van der Waals surface area contributed by atoms with Gasteiger partial charge in [0, 0.05) is 25.6 Å². The number of para-hydroxylation sites is 1. The number of aromatic nitrogens is 5. The Morgan fingerprint density at radius 2 is 1.77 bits per heavy atom. The summed E-state index contributed by atoms with van der Waals surface area (Å²) in [5, 5.41) is 7.61. The van der Waals surface area contributed by atoms with E-state index < -0.39 is 21.1 Å². The highest BCUT2D eigenvalue weighted by Crippen LogP contribution is 2.38. The summed E-state index contributed by atoms with van der Waals surface area (Å²) >= 11 is 0. The van der Waals surface area contributed by atoms with Crippen LogP contribution in [-0.2, 0) is 21.2 Å². The van der Waals surface area contributed by atoms with Crippen LogP contribution in [0.1, 0.15) is 37.3 Å². The predicted molar refractivity (Wildman–Crippen MR) is 125 cm³/mol. The number of hydrogen-bond acceptors (Lipinski definition) is 9. The fourth-order valence-electron chi connectivity index (χ4n) is 3.89. The molecule has 188 valence electrons. The molecule has 0 unspecified atom stereocenters. The lowest BCUT2D eigenvalue weighted by Crippen LogP contribution is -2.29. The molecule has 1 fully saturated rings. The molecule has 13 heteroatoms. The smallest absolute Gasteiger partial charge is 0.243 e. The van der Waals surface area contributed by atoms with E-state index in [9.17, 15) is 12.8 Å². The largest absolute Gasteiger partial charge is 0.494 e. The summed E-state index contributed by atoms with van der Waals surface area (Å²) in [6.45, 7) is 2.64. The van der Waals surface area contributed by atoms with E-state index in [2.05, 4.69) is 24.9 Å².